The van der Waals surface area contributed by atoms with Gasteiger partial charge in [-0.05, 0) is 236 Å². The molecule has 25 heteroatoms. The van der Waals surface area contributed by atoms with Crippen molar-refractivity contribution in [2.75, 3.05) is 26.4 Å². The van der Waals surface area contributed by atoms with Crippen LogP contribution in [0.5, 0.6) is 0 Å². The molecule has 0 aliphatic heterocycles. The number of Topliss-reactive ketones (excluding diaryl/α,β-unsaturated/α-hetero) is 1. The molecule has 104 heavy (non-hydrogen) atoms. The quantitative estimate of drug-likeness (QED) is 0.00821. The van der Waals surface area contributed by atoms with Crippen molar-refractivity contribution in [3.05, 3.63) is 278 Å². The molecule has 0 spiro atoms. The smallest absolute Gasteiger partial charge is 1.00 e. The van der Waals surface area contributed by atoms with Crippen LogP contribution in [0, 0.1) is 76.4 Å². The Bertz CT molecular complexity index is 3760. The number of carboxylic acids is 1. The van der Waals surface area contributed by atoms with Gasteiger partial charge in [-0.2, -0.15) is 0 Å². The van der Waals surface area contributed by atoms with Crippen LogP contribution in [0.3, 0.4) is 0 Å². The predicted molar refractivity (Wildman–Crippen MR) is 375 cm³/mol. The van der Waals surface area contributed by atoms with E-state index in [9.17, 15) is 71.9 Å². The summed E-state index contributed by atoms with van der Waals surface area (Å²) in [5.74, 6) is -8.23. The first-order chi connectivity index (χ1) is 48.6. The SMILES string of the molecule is C=CC(O)c1cc(F)ccc1F.CCOC(=O)CC/C=C/c1cc(F)ccc1F.CCOC(C)(OCC)OCC.Fc1ccc(F)c2c1CCCCC2Cc1ccc(Cl)cc1.O=C(O)CCCCc1cc(F)ccc1F.O=C1CCCCc2c(F)ccc(F)c21.O=Cc1cc(F)ccc1F.[Br-].[CH-]=C.[Mg+2]. The average molecular weight is 1560 g/mol. The number of esters is 1. The Hall–Kier alpha value is -7.42. The Labute approximate surface area is 632 Å². The summed E-state index contributed by atoms with van der Waals surface area (Å²) in [5.41, 5.74) is 2.64. The number of unbranched alkanes of at least 4 members (excludes halogenated alkanes) is 1. The van der Waals surface area contributed by atoms with Crippen LogP contribution >= 0.6 is 11.6 Å². The number of carbonyl (C=O) groups is 4. The minimum Gasteiger partial charge on any atom is -1.00 e. The van der Waals surface area contributed by atoms with Crippen LogP contribution in [-0.2, 0) is 54.2 Å². The van der Waals surface area contributed by atoms with Crippen molar-refractivity contribution in [1.29, 1.82) is 0 Å². The van der Waals surface area contributed by atoms with Crippen molar-refractivity contribution in [2.24, 2.45) is 0 Å². The first-order valence-electron chi connectivity index (χ1n) is 32.8. The first kappa shape index (κ1) is 96.6. The van der Waals surface area contributed by atoms with E-state index < -0.39 is 76.2 Å². The third-order valence-electron chi connectivity index (χ3n) is 14.8. The normalized spacial score (nSPS) is 12.8. The van der Waals surface area contributed by atoms with Crippen LogP contribution in [0.1, 0.15) is 177 Å². The molecule has 0 bridgehead atoms. The van der Waals surface area contributed by atoms with E-state index in [0.29, 0.717) is 99.5 Å². The number of rotatable bonds is 21. The van der Waals surface area contributed by atoms with E-state index in [1.807, 2.05) is 45.0 Å². The number of aliphatic hydroxyl groups is 1. The number of aldehydes is 1. The van der Waals surface area contributed by atoms with Gasteiger partial charge in [0.1, 0.15) is 69.8 Å². The van der Waals surface area contributed by atoms with Gasteiger partial charge in [-0.15, -0.1) is 6.58 Å². The third kappa shape index (κ3) is 36.0. The number of carbonyl (C=O) groups excluding carboxylic acids is 3. The number of hydrogen-bond acceptors (Lipinski definition) is 9. The number of carboxylic acid groups (broad SMARTS) is 1. The molecule has 562 valence electrons. The summed E-state index contributed by atoms with van der Waals surface area (Å²) in [6, 6.07) is 24.4. The van der Waals surface area contributed by atoms with Crippen molar-refractivity contribution in [2.45, 2.75) is 149 Å². The number of aliphatic carboxylic acids is 1. The van der Waals surface area contributed by atoms with Crippen LogP contribution < -0.4 is 17.0 Å². The molecule has 2 atom stereocenters. The standard InChI is InChI=1S/C18H17ClF2.C13H14F2O2.C11H12F2O2.C11H10F2O.C9H8F2O.C8H18O3.C7H4F2O.C2H3.BrH.Mg/c19-14-7-5-12(6-8-14)11-13-3-1-2-4-15-16(20)9-10-17(21)18(13)15;1-2-17-13(16)6-4-3-5-10-9-11(14)7-8-12(10)15;12-9-5-6-10(13)8(7-9)3-1-2-4-11(14)15;12-8-5-6-9(13)11-7(8)3-1-2-4-10(11)14;1-2-9(12)7-5-6(10)3-4-8(7)11;1-5-9-8(4,10-6-2)11-7-3;8-6-1-2-7(9)5(3-6)4-10;1-2;;/h5-10,13H,1-4,11H2;3,5,7-9H,2,4,6H2,1H3;5-7H,1-4H2,(H,14,15);5-6H,1-4H2;2-5,9,12H,1H2;5-7H2,1-4H3;1-4H;1H,2H2;1H;/q;;;;;;;-1;;+2/p-1/b;5-3+;;;;;;;;. The number of ether oxygens (including phenoxy) is 4. The largest absolute Gasteiger partial charge is 2.00 e. The molecule has 7 aromatic carbocycles. The Morgan fingerprint density at radius 1 is 0.606 bits per heavy atom. The zero-order valence-electron chi connectivity index (χ0n) is 58.6. The molecule has 7 aromatic rings. The van der Waals surface area contributed by atoms with Gasteiger partial charge in [0.05, 0.1) is 23.8 Å². The average Bonchev–Trinajstić information content (AvgIpc) is 1.47. The van der Waals surface area contributed by atoms with E-state index in [1.54, 1.807) is 19.9 Å². The zero-order chi connectivity index (χ0) is 76.3. The van der Waals surface area contributed by atoms with Gasteiger partial charge in [0.2, 0.25) is 0 Å². The number of aliphatic hydroxyl groups excluding tert-OH is 1. The Kier molecular flexibility index (Phi) is 49.6. The molecule has 2 aliphatic rings. The molecule has 0 aromatic heterocycles. The molecule has 0 radical (unpaired) electrons. The van der Waals surface area contributed by atoms with Crippen LogP contribution in [0.2, 0.25) is 5.02 Å². The van der Waals surface area contributed by atoms with Crippen molar-refractivity contribution in [1.82, 2.24) is 0 Å². The van der Waals surface area contributed by atoms with Crippen molar-refractivity contribution >= 4 is 64.7 Å². The molecule has 0 heterocycles. The third-order valence-corrected chi connectivity index (χ3v) is 15.1. The number of hydrogen-bond donors (Lipinski definition) is 2. The summed E-state index contributed by atoms with van der Waals surface area (Å²) in [4.78, 5) is 42.6. The fraction of sp³-hybridized carbons (Fsp3) is 0.342. The van der Waals surface area contributed by atoms with E-state index in [0.717, 1.165) is 129 Å². The Morgan fingerprint density at radius 3 is 1.63 bits per heavy atom. The number of allylic oxidation sites excluding steroid dienone is 1. The molecule has 2 unspecified atom stereocenters. The summed E-state index contributed by atoms with van der Waals surface area (Å²) in [6.45, 7) is 21.7. The van der Waals surface area contributed by atoms with E-state index in [1.165, 1.54) is 18.2 Å². The molecular formula is C79H86BrClF12MgO10. The number of aryl methyl sites for hydroxylation is 1. The molecule has 0 amide bonds. The maximum atomic E-state index is 14.3. The van der Waals surface area contributed by atoms with E-state index in [-0.39, 0.29) is 116 Å². The van der Waals surface area contributed by atoms with Gasteiger partial charge in [0.15, 0.2) is 12.1 Å². The second-order valence-electron chi connectivity index (χ2n) is 22.2. The summed E-state index contributed by atoms with van der Waals surface area (Å²) in [7, 11) is 0. The van der Waals surface area contributed by atoms with Crippen LogP contribution in [0.4, 0.5) is 52.7 Å². The molecule has 0 fully saturated rings. The zero-order valence-corrected chi connectivity index (χ0v) is 62.4. The van der Waals surface area contributed by atoms with E-state index >= 15 is 0 Å². The molecule has 2 aliphatic carbocycles. The topological polar surface area (TPSA) is 146 Å². The summed E-state index contributed by atoms with van der Waals surface area (Å²) < 4.78 is 177. The van der Waals surface area contributed by atoms with Crippen LogP contribution in [-0.4, -0.2) is 89.7 Å². The number of halogens is 14. The van der Waals surface area contributed by atoms with Crippen LogP contribution in [0.25, 0.3) is 6.08 Å². The summed E-state index contributed by atoms with van der Waals surface area (Å²) in [6.07, 6.45) is 11.9. The summed E-state index contributed by atoms with van der Waals surface area (Å²) in [5, 5.41) is 18.2. The second kappa shape index (κ2) is 53.4. The second-order valence-corrected chi connectivity index (χ2v) is 22.7. The van der Waals surface area contributed by atoms with Gasteiger partial charge in [-0.1, -0.05) is 48.4 Å². The molecule has 0 saturated heterocycles. The number of benzene rings is 7. The van der Waals surface area contributed by atoms with E-state index in [4.69, 9.17) is 40.8 Å². The molecular weight excluding hydrogens is 1480 g/mol. The van der Waals surface area contributed by atoms with Crippen molar-refractivity contribution in [3.63, 3.8) is 0 Å². The molecule has 0 saturated carbocycles. The predicted octanol–water partition coefficient (Wildman–Crippen LogP) is 17.6. The fourth-order valence-corrected chi connectivity index (χ4v) is 10.2. The van der Waals surface area contributed by atoms with Gasteiger partial charge in [0.25, 0.3) is 5.97 Å². The minimum absolute atomic E-state index is 0. The van der Waals surface area contributed by atoms with E-state index in [2.05, 4.69) is 19.7 Å². The van der Waals surface area contributed by atoms with Crippen LogP contribution in [0.15, 0.2) is 147 Å². The van der Waals surface area contributed by atoms with Gasteiger partial charge < -0.3 is 52.7 Å². The first-order valence-corrected chi connectivity index (χ1v) is 33.1. The van der Waals surface area contributed by atoms with Crippen molar-refractivity contribution in [3.8, 4) is 0 Å². The maximum absolute atomic E-state index is 14.3. The Morgan fingerprint density at radius 2 is 1.09 bits per heavy atom. The minimum atomic E-state index is -1.15. The fourth-order valence-electron chi connectivity index (χ4n) is 10.1. The summed E-state index contributed by atoms with van der Waals surface area (Å²) >= 11 is 5.90. The maximum Gasteiger partial charge on any atom is 2.00 e. The molecule has 9 rings (SSSR count). The monoisotopic (exact) mass is 1560 g/mol. The number of fused-ring (bicyclic) bond motifs is 2. The van der Waals surface area contributed by atoms with Gasteiger partial charge >= 0.3 is 35.0 Å². The Balaban J connectivity index is 0.00000120. The molecule has 10 nitrogen and oxygen atoms in total. The van der Waals surface area contributed by atoms with Crippen molar-refractivity contribution < 1.29 is 118 Å². The van der Waals surface area contributed by atoms with Gasteiger partial charge in [0, 0.05) is 67.7 Å². The van der Waals surface area contributed by atoms with Gasteiger partial charge in [-0.3, -0.25) is 25.8 Å². The number of ketones is 1. The molecule has 2 N–H and O–H groups in total. The van der Waals surface area contributed by atoms with Gasteiger partial charge in [-0.25, -0.2) is 52.7 Å².